The van der Waals surface area contributed by atoms with E-state index in [0.29, 0.717) is 0 Å². The van der Waals surface area contributed by atoms with Gasteiger partial charge in [0.2, 0.25) is 0 Å². The van der Waals surface area contributed by atoms with Gasteiger partial charge in [0.1, 0.15) is 0 Å². The highest BCUT2D eigenvalue weighted by molar-refractivity contribution is 6.93. The third-order valence-corrected chi connectivity index (χ3v) is 5.92. The maximum Gasteiger partial charge on any atom is 0.1000 e. The molecule has 0 aliphatic heterocycles. The van der Waals surface area contributed by atoms with Gasteiger partial charge < -0.3 is 5.11 Å². The summed E-state index contributed by atoms with van der Waals surface area (Å²) in [6.45, 7) is 9.06. The summed E-state index contributed by atoms with van der Waals surface area (Å²) in [7, 11) is -1.57. The van der Waals surface area contributed by atoms with Gasteiger partial charge in [-0.05, 0) is 23.6 Å². The van der Waals surface area contributed by atoms with Crippen LogP contribution in [0.3, 0.4) is 0 Å². The summed E-state index contributed by atoms with van der Waals surface area (Å²) in [5.41, 5.74) is 3.28. The molecule has 0 heterocycles. The van der Waals surface area contributed by atoms with Crippen molar-refractivity contribution in [2.24, 2.45) is 0 Å². The smallest absolute Gasteiger partial charge is 0.1000 e. The molecule has 1 nitrogen and oxygen atoms in total. The minimum Gasteiger partial charge on any atom is -0.384 e. The number of rotatable bonds is 4. The number of aliphatic hydroxyl groups excluding tert-OH is 1. The first-order valence-electron chi connectivity index (χ1n) is 7.41. The molecule has 2 aromatic rings. The minimum atomic E-state index is -1.57. The fourth-order valence-corrected chi connectivity index (χ4v) is 5.23. The lowest BCUT2D eigenvalue weighted by atomic mass is 10.0. The molecular formula is C19H24OSi. The van der Waals surface area contributed by atoms with E-state index in [-0.39, 0.29) is 0 Å². The Morgan fingerprint density at radius 3 is 1.81 bits per heavy atom. The lowest BCUT2D eigenvalue weighted by Gasteiger charge is -2.27. The second-order valence-electron chi connectivity index (χ2n) is 6.49. The Labute approximate surface area is 129 Å². The first kappa shape index (κ1) is 15.7. The summed E-state index contributed by atoms with van der Waals surface area (Å²) in [6.07, 6.45) is -0.534. The molecule has 110 valence electrons. The second-order valence-corrected chi connectivity index (χ2v) is 11.5. The van der Waals surface area contributed by atoms with Crippen LogP contribution in [-0.2, 0) is 0 Å². The number of hydrogen-bond acceptors (Lipinski definition) is 1. The lowest BCUT2D eigenvalue weighted by Crippen LogP contribution is -2.25. The molecular weight excluding hydrogens is 272 g/mol. The van der Waals surface area contributed by atoms with Crippen molar-refractivity contribution in [2.75, 3.05) is 0 Å². The van der Waals surface area contributed by atoms with Gasteiger partial charge >= 0.3 is 0 Å². The SMILES string of the molecule is C/C(=C(\c1ccccc1)[Si](C)(C)C)C(O)c1ccccc1. The van der Waals surface area contributed by atoms with Crippen LogP contribution in [0, 0.1) is 0 Å². The van der Waals surface area contributed by atoms with Crippen molar-refractivity contribution < 1.29 is 5.11 Å². The predicted octanol–water partition coefficient (Wildman–Crippen LogP) is 5.07. The van der Waals surface area contributed by atoms with Gasteiger partial charge in [0.25, 0.3) is 0 Å². The molecule has 0 radical (unpaired) electrons. The molecule has 0 bridgehead atoms. The van der Waals surface area contributed by atoms with Crippen molar-refractivity contribution in [1.82, 2.24) is 0 Å². The van der Waals surface area contributed by atoms with E-state index < -0.39 is 14.2 Å². The van der Waals surface area contributed by atoms with Gasteiger partial charge in [-0.1, -0.05) is 85.5 Å². The topological polar surface area (TPSA) is 20.2 Å². The molecule has 2 heteroatoms. The van der Waals surface area contributed by atoms with Gasteiger partial charge in [0, 0.05) is 0 Å². The Kier molecular flexibility index (Phi) is 4.81. The Balaban J connectivity index is 2.54. The van der Waals surface area contributed by atoms with Crippen LogP contribution in [0.25, 0.3) is 5.20 Å². The zero-order chi connectivity index (χ0) is 15.5. The van der Waals surface area contributed by atoms with Gasteiger partial charge in [0.05, 0.1) is 14.2 Å². The van der Waals surface area contributed by atoms with E-state index in [1.54, 1.807) is 0 Å². The lowest BCUT2D eigenvalue weighted by molar-refractivity contribution is 0.216. The van der Waals surface area contributed by atoms with Crippen molar-refractivity contribution in [3.63, 3.8) is 0 Å². The maximum absolute atomic E-state index is 10.7. The van der Waals surface area contributed by atoms with Crippen molar-refractivity contribution in [1.29, 1.82) is 0 Å². The molecule has 1 unspecified atom stereocenters. The Bertz CT molecular complexity index is 609. The van der Waals surface area contributed by atoms with E-state index in [1.807, 2.05) is 36.4 Å². The number of benzene rings is 2. The summed E-state index contributed by atoms with van der Waals surface area (Å²) >= 11 is 0. The highest BCUT2D eigenvalue weighted by Gasteiger charge is 2.26. The average molecular weight is 296 g/mol. The zero-order valence-electron chi connectivity index (χ0n) is 13.3. The van der Waals surface area contributed by atoms with Crippen LogP contribution in [0.4, 0.5) is 0 Å². The molecule has 0 amide bonds. The van der Waals surface area contributed by atoms with Crippen molar-refractivity contribution in [2.45, 2.75) is 32.7 Å². The fraction of sp³-hybridized carbons (Fsp3) is 0.263. The number of hydrogen-bond donors (Lipinski definition) is 1. The van der Waals surface area contributed by atoms with Gasteiger partial charge in [-0.25, -0.2) is 0 Å². The average Bonchev–Trinajstić information content (AvgIpc) is 2.47. The van der Waals surface area contributed by atoms with Crippen LogP contribution in [0.1, 0.15) is 24.2 Å². The van der Waals surface area contributed by atoms with Crippen LogP contribution >= 0.6 is 0 Å². The fourth-order valence-electron chi connectivity index (χ4n) is 2.88. The van der Waals surface area contributed by atoms with Gasteiger partial charge in [-0.3, -0.25) is 0 Å². The third kappa shape index (κ3) is 3.72. The van der Waals surface area contributed by atoms with E-state index in [9.17, 15) is 5.11 Å². The van der Waals surface area contributed by atoms with E-state index in [1.165, 1.54) is 10.8 Å². The highest BCUT2D eigenvalue weighted by Crippen LogP contribution is 2.34. The minimum absolute atomic E-state index is 0.534. The quantitative estimate of drug-likeness (QED) is 0.781. The molecule has 2 aromatic carbocycles. The zero-order valence-corrected chi connectivity index (χ0v) is 14.3. The molecule has 1 atom stereocenters. The molecule has 0 fully saturated rings. The Morgan fingerprint density at radius 1 is 0.857 bits per heavy atom. The summed E-state index contributed by atoms with van der Waals surface area (Å²) in [5, 5.41) is 12.1. The van der Waals surface area contributed by atoms with Crippen LogP contribution in [-0.4, -0.2) is 13.2 Å². The first-order chi connectivity index (χ1) is 9.91. The maximum atomic E-state index is 10.7. The van der Waals surface area contributed by atoms with Crippen LogP contribution in [0.15, 0.2) is 66.2 Å². The molecule has 21 heavy (non-hydrogen) atoms. The summed E-state index contributed by atoms with van der Waals surface area (Å²) < 4.78 is 0. The monoisotopic (exact) mass is 296 g/mol. The van der Waals surface area contributed by atoms with Crippen LogP contribution in [0.5, 0.6) is 0 Å². The molecule has 0 aliphatic carbocycles. The molecule has 1 N–H and O–H groups in total. The van der Waals surface area contributed by atoms with Gasteiger partial charge in [-0.2, -0.15) is 0 Å². The third-order valence-electron chi connectivity index (χ3n) is 3.73. The molecule has 0 saturated carbocycles. The van der Waals surface area contributed by atoms with Crippen molar-refractivity contribution in [3.8, 4) is 0 Å². The summed E-state index contributed by atoms with van der Waals surface area (Å²) in [4.78, 5) is 0. The number of aliphatic hydroxyl groups is 1. The summed E-state index contributed by atoms with van der Waals surface area (Å²) in [6, 6.07) is 20.4. The Morgan fingerprint density at radius 2 is 1.33 bits per heavy atom. The van der Waals surface area contributed by atoms with Crippen molar-refractivity contribution in [3.05, 3.63) is 77.4 Å². The largest absolute Gasteiger partial charge is 0.384 e. The van der Waals surface area contributed by atoms with E-state index >= 15 is 0 Å². The molecule has 0 saturated heterocycles. The van der Waals surface area contributed by atoms with E-state index in [2.05, 4.69) is 50.8 Å². The summed E-state index contributed by atoms with van der Waals surface area (Å²) in [5.74, 6) is 0. The normalized spacial score (nSPS) is 14.5. The first-order valence-corrected chi connectivity index (χ1v) is 10.9. The van der Waals surface area contributed by atoms with Gasteiger partial charge in [-0.15, -0.1) is 0 Å². The highest BCUT2D eigenvalue weighted by atomic mass is 28.3. The van der Waals surface area contributed by atoms with Crippen LogP contribution < -0.4 is 0 Å². The second kappa shape index (κ2) is 6.42. The predicted molar refractivity (Wildman–Crippen MR) is 93.8 cm³/mol. The van der Waals surface area contributed by atoms with Gasteiger partial charge in [0.15, 0.2) is 0 Å². The van der Waals surface area contributed by atoms with E-state index in [4.69, 9.17) is 0 Å². The standard InChI is InChI=1S/C19H24OSi/c1-15(18(20)16-11-7-5-8-12-16)19(21(2,3)4)17-13-9-6-10-14-17/h5-14,18,20H,1-4H3/b19-15-. The molecule has 2 rings (SSSR count). The van der Waals surface area contributed by atoms with Crippen LogP contribution in [0.2, 0.25) is 19.6 Å². The molecule has 0 aromatic heterocycles. The molecule has 0 spiro atoms. The Hall–Kier alpha value is -1.64. The van der Waals surface area contributed by atoms with Crippen molar-refractivity contribution >= 4 is 13.3 Å². The van der Waals surface area contributed by atoms with E-state index in [0.717, 1.165) is 11.1 Å². The molecule has 0 aliphatic rings.